The van der Waals surface area contributed by atoms with Crippen LogP contribution in [0.3, 0.4) is 0 Å². The first-order chi connectivity index (χ1) is 6.77. The van der Waals surface area contributed by atoms with E-state index in [0.29, 0.717) is 6.42 Å². The third kappa shape index (κ3) is 1.76. The summed E-state index contributed by atoms with van der Waals surface area (Å²) in [6.07, 6.45) is 3.91. The molecular weight excluding hydrogens is 182 g/mol. The van der Waals surface area contributed by atoms with E-state index in [-0.39, 0.29) is 6.42 Å². The van der Waals surface area contributed by atoms with Crippen molar-refractivity contribution >= 4 is 5.97 Å². The van der Waals surface area contributed by atoms with Gasteiger partial charge in [0.05, 0.1) is 6.42 Å². The average molecular weight is 195 g/mol. The molecule has 1 aliphatic heterocycles. The van der Waals surface area contributed by atoms with Gasteiger partial charge in [-0.3, -0.25) is 4.79 Å². The summed E-state index contributed by atoms with van der Waals surface area (Å²) in [6.45, 7) is 0.942. The molecule has 0 spiro atoms. The normalized spacial score (nSPS) is 15.1. The first kappa shape index (κ1) is 9.18. The van der Waals surface area contributed by atoms with Crippen LogP contribution in [-0.2, 0) is 24.2 Å². The highest BCUT2D eigenvalue weighted by Gasteiger charge is 2.15. The van der Waals surface area contributed by atoms with Gasteiger partial charge in [0.1, 0.15) is 11.6 Å². The fraction of sp³-hybridized carbons (Fsp3) is 0.667. The van der Waals surface area contributed by atoms with Crippen LogP contribution in [0.25, 0.3) is 0 Å². The summed E-state index contributed by atoms with van der Waals surface area (Å²) < 4.78 is 2.06. The zero-order valence-corrected chi connectivity index (χ0v) is 7.94. The van der Waals surface area contributed by atoms with Gasteiger partial charge in [-0.25, -0.2) is 0 Å². The Hall–Kier alpha value is -1.39. The van der Waals surface area contributed by atoms with Crippen molar-refractivity contribution in [2.24, 2.45) is 0 Å². The molecule has 1 aromatic heterocycles. The van der Waals surface area contributed by atoms with Crippen molar-refractivity contribution in [3.05, 3.63) is 11.6 Å². The zero-order valence-electron chi connectivity index (χ0n) is 7.94. The van der Waals surface area contributed by atoms with Gasteiger partial charge >= 0.3 is 5.97 Å². The van der Waals surface area contributed by atoms with Gasteiger partial charge in [0.2, 0.25) is 0 Å². The summed E-state index contributed by atoms with van der Waals surface area (Å²) in [5.74, 6) is 1.05. The Morgan fingerprint density at radius 2 is 2.29 bits per heavy atom. The van der Waals surface area contributed by atoms with Crippen molar-refractivity contribution in [1.82, 2.24) is 14.8 Å². The van der Waals surface area contributed by atoms with Gasteiger partial charge in [-0.1, -0.05) is 0 Å². The maximum Gasteiger partial charge on any atom is 0.303 e. The van der Waals surface area contributed by atoms with E-state index in [9.17, 15) is 4.79 Å². The minimum absolute atomic E-state index is 0.137. The predicted molar refractivity (Wildman–Crippen MR) is 48.9 cm³/mol. The van der Waals surface area contributed by atoms with E-state index in [1.165, 1.54) is 0 Å². The summed E-state index contributed by atoms with van der Waals surface area (Å²) >= 11 is 0. The standard InChI is InChI=1S/C9H13N3O2/c13-9(14)5-4-8-11-10-7-3-1-2-6-12(7)8/h1-6H2,(H,13,14). The number of fused-ring (bicyclic) bond motifs is 1. The highest BCUT2D eigenvalue weighted by molar-refractivity contribution is 5.66. The minimum Gasteiger partial charge on any atom is -0.481 e. The molecule has 0 atom stereocenters. The van der Waals surface area contributed by atoms with E-state index >= 15 is 0 Å². The van der Waals surface area contributed by atoms with Gasteiger partial charge in [-0.15, -0.1) is 10.2 Å². The molecule has 0 radical (unpaired) electrons. The molecule has 0 fully saturated rings. The fourth-order valence-electron chi connectivity index (χ4n) is 1.77. The van der Waals surface area contributed by atoms with Gasteiger partial charge in [0, 0.05) is 19.4 Å². The smallest absolute Gasteiger partial charge is 0.303 e. The Bertz CT molecular complexity index is 346. The largest absolute Gasteiger partial charge is 0.481 e. The molecule has 2 heterocycles. The van der Waals surface area contributed by atoms with E-state index in [4.69, 9.17) is 5.11 Å². The molecule has 0 aliphatic carbocycles. The fourth-order valence-corrected chi connectivity index (χ4v) is 1.77. The van der Waals surface area contributed by atoms with Crippen LogP contribution in [-0.4, -0.2) is 25.8 Å². The second-order valence-electron chi connectivity index (χ2n) is 3.53. The number of aryl methyl sites for hydroxylation is 2. The van der Waals surface area contributed by atoms with Crippen LogP contribution in [0, 0.1) is 0 Å². The predicted octanol–water partition coefficient (Wildman–Crippen LogP) is 0.632. The lowest BCUT2D eigenvalue weighted by atomic mass is 10.1. The van der Waals surface area contributed by atoms with Gasteiger partial charge in [0.25, 0.3) is 0 Å². The lowest BCUT2D eigenvalue weighted by Crippen LogP contribution is -2.14. The molecule has 1 aromatic rings. The van der Waals surface area contributed by atoms with Gasteiger partial charge in [-0.05, 0) is 12.8 Å². The van der Waals surface area contributed by atoms with Crippen LogP contribution in [0.1, 0.15) is 30.9 Å². The highest BCUT2D eigenvalue weighted by atomic mass is 16.4. The molecule has 0 unspecified atom stereocenters. The molecule has 0 saturated carbocycles. The highest BCUT2D eigenvalue weighted by Crippen LogP contribution is 2.14. The Kier molecular flexibility index (Phi) is 2.47. The summed E-state index contributed by atoms with van der Waals surface area (Å²) in [4.78, 5) is 10.4. The molecule has 1 N–H and O–H groups in total. The van der Waals surface area contributed by atoms with Gasteiger partial charge in [0.15, 0.2) is 0 Å². The van der Waals surface area contributed by atoms with Gasteiger partial charge < -0.3 is 9.67 Å². The number of carboxylic acids is 1. The quantitative estimate of drug-likeness (QED) is 0.768. The van der Waals surface area contributed by atoms with E-state index < -0.39 is 5.97 Å². The monoisotopic (exact) mass is 195 g/mol. The van der Waals surface area contributed by atoms with E-state index in [2.05, 4.69) is 14.8 Å². The van der Waals surface area contributed by atoms with Crippen LogP contribution in [0.5, 0.6) is 0 Å². The second kappa shape index (κ2) is 3.77. The molecule has 0 bridgehead atoms. The number of carbonyl (C=O) groups is 1. The molecule has 0 saturated heterocycles. The van der Waals surface area contributed by atoms with Crippen molar-refractivity contribution < 1.29 is 9.90 Å². The molecule has 1 aliphatic rings. The maximum absolute atomic E-state index is 10.4. The van der Waals surface area contributed by atoms with Crippen LogP contribution in [0.4, 0.5) is 0 Å². The van der Waals surface area contributed by atoms with Crippen LogP contribution in [0.2, 0.25) is 0 Å². The van der Waals surface area contributed by atoms with Crippen LogP contribution in [0.15, 0.2) is 0 Å². The molecule has 76 valence electrons. The van der Waals surface area contributed by atoms with Gasteiger partial charge in [-0.2, -0.15) is 0 Å². The molecule has 14 heavy (non-hydrogen) atoms. The number of hydrogen-bond donors (Lipinski definition) is 1. The lowest BCUT2D eigenvalue weighted by molar-refractivity contribution is -0.137. The van der Waals surface area contributed by atoms with Crippen molar-refractivity contribution in [2.75, 3.05) is 0 Å². The molecular formula is C9H13N3O2. The van der Waals surface area contributed by atoms with Crippen molar-refractivity contribution in [3.8, 4) is 0 Å². The minimum atomic E-state index is -0.779. The van der Waals surface area contributed by atoms with Crippen molar-refractivity contribution in [1.29, 1.82) is 0 Å². The number of hydrogen-bond acceptors (Lipinski definition) is 3. The number of aromatic nitrogens is 3. The Balaban J connectivity index is 2.10. The summed E-state index contributed by atoms with van der Waals surface area (Å²) in [5.41, 5.74) is 0. The number of carboxylic acid groups (broad SMARTS) is 1. The summed E-state index contributed by atoms with van der Waals surface area (Å²) in [5, 5.41) is 16.6. The van der Waals surface area contributed by atoms with E-state index in [0.717, 1.165) is 37.5 Å². The maximum atomic E-state index is 10.4. The molecule has 5 heteroatoms. The Morgan fingerprint density at radius 1 is 1.43 bits per heavy atom. The first-order valence-corrected chi connectivity index (χ1v) is 4.90. The van der Waals surface area contributed by atoms with Crippen LogP contribution >= 0.6 is 0 Å². The Morgan fingerprint density at radius 3 is 3.07 bits per heavy atom. The lowest BCUT2D eigenvalue weighted by Gasteiger charge is -2.14. The third-order valence-electron chi connectivity index (χ3n) is 2.50. The number of nitrogens with zero attached hydrogens (tertiary/aromatic N) is 3. The number of rotatable bonds is 3. The third-order valence-corrected chi connectivity index (χ3v) is 2.50. The van der Waals surface area contributed by atoms with E-state index in [1.54, 1.807) is 0 Å². The van der Waals surface area contributed by atoms with Crippen LogP contribution < -0.4 is 0 Å². The zero-order chi connectivity index (χ0) is 9.97. The number of aliphatic carboxylic acids is 1. The summed E-state index contributed by atoms with van der Waals surface area (Å²) in [7, 11) is 0. The summed E-state index contributed by atoms with van der Waals surface area (Å²) in [6, 6.07) is 0. The van der Waals surface area contributed by atoms with Crippen molar-refractivity contribution in [2.45, 2.75) is 38.6 Å². The molecule has 2 rings (SSSR count). The first-order valence-electron chi connectivity index (χ1n) is 4.90. The van der Waals surface area contributed by atoms with Crippen molar-refractivity contribution in [3.63, 3.8) is 0 Å². The average Bonchev–Trinajstić information content (AvgIpc) is 2.58. The molecule has 5 nitrogen and oxygen atoms in total. The molecule has 0 amide bonds. The SMILES string of the molecule is O=C(O)CCc1nnc2n1CCCC2. The topological polar surface area (TPSA) is 68.0 Å². The molecule has 0 aromatic carbocycles. The van der Waals surface area contributed by atoms with E-state index in [1.807, 2.05) is 0 Å². The second-order valence-corrected chi connectivity index (χ2v) is 3.53. The Labute approximate surface area is 81.8 Å².